The topological polar surface area (TPSA) is 37.8 Å². The Balaban J connectivity index is 1.99. The molecule has 4 heteroatoms. The van der Waals surface area contributed by atoms with Gasteiger partial charge in [0.1, 0.15) is 0 Å². The van der Waals surface area contributed by atoms with Crippen LogP contribution in [0.25, 0.3) is 0 Å². The Morgan fingerprint density at radius 3 is 2.40 bits per heavy atom. The predicted molar refractivity (Wildman–Crippen MR) is 62.4 cm³/mol. The standard InChI is InChI=1S/C11H16ClN3/c1-8-5-9(2)15-10(14-8)13-7-11(6-12)3-4-11/h5H,3-4,6-7H2,1-2H3,(H,13,14,15). The first-order valence-corrected chi connectivity index (χ1v) is 5.79. The van der Waals surface area contributed by atoms with Crippen LogP contribution < -0.4 is 5.32 Å². The first-order chi connectivity index (χ1) is 7.13. The summed E-state index contributed by atoms with van der Waals surface area (Å²) in [4.78, 5) is 8.67. The van der Waals surface area contributed by atoms with E-state index in [9.17, 15) is 0 Å². The number of hydrogen-bond donors (Lipinski definition) is 1. The lowest BCUT2D eigenvalue weighted by Crippen LogP contribution is -2.18. The normalized spacial score (nSPS) is 17.5. The Morgan fingerprint density at radius 2 is 1.93 bits per heavy atom. The molecule has 0 unspecified atom stereocenters. The van der Waals surface area contributed by atoms with E-state index in [0.717, 1.165) is 29.8 Å². The second-order valence-electron chi connectivity index (χ2n) is 4.46. The summed E-state index contributed by atoms with van der Waals surface area (Å²) in [5.74, 6) is 1.45. The molecule has 82 valence electrons. The third-order valence-electron chi connectivity index (χ3n) is 2.84. The number of anilines is 1. The van der Waals surface area contributed by atoms with Gasteiger partial charge in [0.05, 0.1) is 0 Å². The van der Waals surface area contributed by atoms with E-state index >= 15 is 0 Å². The van der Waals surface area contributed by atoms with Gasteiger partial charge in [-0.15, -0.1) is 11.6 Å². The minimum Gasteiger partial charge on any atom is -0.354 e. The molecule has 0 aromatic carbocycles. The molecule has 1 fully saturated rings. The van der Waals surface area contributed by atoms with Gasteiger partial charge in [-0.2, -0.15) is 0 Å². The molecular weight excluding hydrogens is 210 g/mol. The number of alkyl halides is 1. The van der Waals surface area contributed by atoms with Crippen LogP contribution in [0.1, 0.15) is 24.2 Å². The molecule has 0 radical (unpaired) electrons. The largest absolute Gasteiger partial charge is 0.354 e. The van der Waals surface area contributed by atoms with Gasteiger partial charge in [-0.1, -0.05) is 0 Å². The third kappa shape index (κ3) is 2.59. The Bertz CT molecular complexity index is 341. The van der Waals surface area contributed by atoms with E-state index in [0.29, 0.717) is 5.41 Å². The molecule has 0 saturated heterocycles. The number of nitrogens with one attached hydrogen (secondary N) is 1. The Kier molecular flexibility index (Phi) is 2.83. The minimum atomic E-state index is 0.308. The van der Waals surface area contributed by atoms with Crippen LogP contribution in [0.2, 0.25) is 0 Å². The van der Waals surface area contributed by atoms with Gasteiger partial charge in [0.15, 0.2) is 0 Å². The second kappa shape index (κ2) is 3.97. The van der Waals surface area contributed by atoms with Gasteiger partial charge in [0, 0.05) is 29.2 Å². The van der Waals surface area contributed by atoms with Gasteiger partial charge in [-0.3, -0.25) is 0 Å². The molecule has 2 rings (SSSR count). The maximum Gasteiger partial charge on any atom is 0.223 e. The van der Waals surface area contributed by atoms with Crippen molar-refractivity contribution < 1.29 is 0 Å². The molecule has 15 heavy (non-hydrogen) atoms. The average molecular weight is 226 g/mol. The summed E-state index contributed by atoms with van der Waals surface area (Å²) >= 11 is 5.90. The lowest BCUT2D eigenvalue weighted by Gasteiger charge is -2.12. The van der Waals surface area contributed by atoms with Gasteiger partial charge in [0.2, 0.25) is 5.95 Å². The van der Waals surface area contributed by atoms with Crippen LogP contribution in [-0.2, 0) is 0 Å². The molecule has 0 aliphatic heterocycles. The summed E-state index contributed by atoms with van der Waals surface area (Å²) in [7, 11) is 0. The zero-order valence-electron chi connectivity index (χ0n) is 9.18. The number of nitrogens with zero attached hydrogens (tertiary/aromatic N) is 2. The summed E-state index contributed by atoms with van der Waals surface area (Å²) in [5, 5.41) is 3.27. The fourth-order valence-corrected chi connectivity index (χ4v) is 1.97. The minimum absolute atomic E-state index is 0.308. The molecule has 1 N–H and O–H groups in total. The highest BCUT2D eigenvalue weighted by molar-refractivity contribution is 6.18. The average Bonchev–Trinajstić information content (AvgIpc) is 2.94. The molecule has 0 spiro atoms. The summed E-state index contributed by atoms with van der Waals surface area (Å²) in [6, 6.07) is 1.97. The zero-order valence-corrected chi connectivity index (χ0v) is 9.93. The van der Waals surface area contributed by atoms with E-state index < -0.39 is 0 Å². The number of aryl methyl sites for hydroxylation is 2. The van der Waals surface area contributed by atoms with E-state index in [4.69, 9.17) is 11.6 Å². The van der Waals surface area contributed by atoms with Gasteiger partial charge in [-0.05, 0) is 32.8 Å². The highest BCUT2D eigenvalue weighted by Gasteiger charge is 2.41. The summed E-state index contributed by atoms with van der Waals surface area (Å²) in [5.41, 5.74) is 2.31. The van der Waals surface area contributed by atoms with Crippen LogP contribution in [0.5, 0.6) is 0 Å². The van der Waals surface area contributed by atoms with Crippen LogP contribution in [0.15, 0.2) is 6.07 Å². The first-order valence-electron chi connectivity index (χ1n) is 5.26. The van der Waals surface area contributed by atoms with Crippen LogP contribution in [0.3, 0.4) is 0 Å². The Labute approximate surface area is 95.3 Å². The maximum atomic E-state index is 5.90. The summed E-state index contributed by atoms with van der Waals surface area (Å²) in [6.45, 7) is 4.85. The van der Waals surface area contributed by atoms with E-state index in [1.165, 1.54) is 12.8 Å². The van der Waals surface area contributed by atoms with Crippen LogP contribution in [-0.4, -0.2) is 22.4 Å². The molecule has 0 amide bonds. The zero-order chi connectivity index (χ0) is 10.9. The van der Waals surface area contributed by atoms with Gasteiger partial charge in [0.25, 0.3) is 0 Å². The monoisotopic (exact) mass is 225 g/mol. The summed E-state index contributed by atoms with van der Waals surface area (Å²) in [6.07, 6.45) is 2.43. The molecule has 1 aromatic heterocycles. The number of rotatable bonds is 4. The maximum absolute atomic E-state index is 5.90. The predicted octanol–water partition coefficient (Wildman–Crippen LogP) is 2.52. The van der Waals surface area contributed by atoms with Crippen molar-refractivity contribution in [1.29, 1.82) is 0 Å². The highest BCUT2D eigenvalue weighted by Crippen LogP contribution is 2.46. The molecule has 1 aromatic rings. The molecule has 0 atom stereocenters. The van der Waals surface area contributed by atoms with Gasteiger partial charge < -0.3 is 5.32 Å². The Hall–Kier alpha value is -0.830. The van der Waals surface area contributed by atoms with Crippen molar-refractivity contribution in [2.24, 2.45) is 5.41 Å². The number of halogens is 1. The van der Waals surface area contributed by atoms with Crippen LogP contribution in [0.4, 0.5) is 5.95 Å². The SMILES string of the molecule is Cc1cc(C)nc(NCC2(CCl)CC2)n1. The molecular formula is C11H16ClN3. The van der Waals surface area contributed by atoms with Crippen molar-refractivity contribution in [3.63, 3.8) is 0 Å². The number of aromatic nitrogens is 2. The fraction of sp³-hybridized carbons (Fsp3) is 0.636. The summed E-state index contributed by atoms with van der Waals surface area (Å²) < 4.78 is 0. The molecule has 1 saturated carbocycles. The molecule has 1 heterocycles. The Morgan fingerprint density at radius 1 is 1.33 bits per heavy atom. The van der Waals surface area contributed by atoms with Crippen molar-refractivity contribution in [3.05, 3.63) is 17.5 Å². The van der Waals surface area contributed by atoms with Crippen LogP contribution >= 0.6 is 11.6 Å². The van der Waals surface area contributed by atoms with Gasteiger partial charge in [-0.25, -0.2) is 9.97 Å². The molecule has 3 nitrogen and oxygen atoms in total. The van der Waals surface area contributed by atoms with E-state index in [1.807, 2.05) is 19.9 Å². The lowest BCUT2D eigenvalue weighted by molar-refractivity contribution is 0.615. The molecule has 1 aliphatic carbocycles. The molecule has 0 bridgehead atoms. The highest BCUT2D eigenvalue weighted by atomic mass is 35.5. The van der Waals surface area contributed by atoms with Gasteiger partial charge >= 0.3 is 0 Å². The van der Waals surface area contributed by atoms with Crippen LogP contribution in [0, 0.1) is 19.3 Å². The third-order valence-corrected chi connectivity index (χ3v) is 3.41. The quantitative estimate of drug-likeness (QED) is 0.801. The fourth-order valence-electron chi connectivity index (χ4n) is 1.61. The van der Waals surface area contributed by atoms with Crippen molar-refractivity contribution >= 4 is 17.5 Å². The number of hydrogen-bond acceptors (Lipinski definition) is 3. The molecule has 1 aliphatic rings. The van der Waals surface area contributed by atoms with Crippen molar-refractivity contribution in [2.75, 3.05) is 17.7 Å². The van der Waals surface area contributed by atoms with Crippen molar-refractivity contribution in [3.8, 4) is 0 Å². The van der Waals surface area contributed by atoms with E-state index in [1.54, 1.807) is 0 Å². The lowest BCUT2D eigenvalue weighted by atomic mass is 10.1. The smallest absolute Gasteiger partial charge is 0.223 e. The van der Waals surface area contributed by atoms with Crippen molar-refractivity contribution in [1.82, 2.24) is 9.97 Å². The van der Waals surface area contributed by atoms with E-state index in [2.05, 4.69) is 15.3 Å². The second-order valence-corrected chi connectivity index (χ2v) is 4.73. The van der Waals surface area contributed by atoms with E-state index in [-0.39, 0.29) is 0 Å². The first kappa shape index (κ1) is 10.7. The van der Waals surface area contributed by atoms with Crippen molar-refractivity contribution in [2.45, 2.75) is 26.7 Å².